The Morgan fingerprint density at radius 1 is 0.941 bits per heavy atom. The summed E-state index contributed by atoms with van der Waals surface area (Å²) in [5.74, 6) is 3.72. The van der Waals surface area contributed by atoms with Crippen molar-refractivity contribution in [3.63, 3.8) is 0 Å². The minimum absolute atomic E-state index is 0.797. The van der Waals surface area contributed by atoms with Crippen molar-refractivity contribution in [1.29, 1.82) is 0 Å². The third-order valence-corrected chi connectivity index (χ3v) is 3.66. The van der Waals surface area contributed by atoms with Crippen molar-refractivity contribution in [2.75, 3.05) is 0 Å². The Balaban J connectivity index is 1.66. The van der Waals surface area contributed by atoms with E-state index in [1.165, 1.54) is 20.5 Å². The lowest BCUT2D eigenvalue weighted by atomic mass is 9.95. The van der Waals surface area contributed by atoms with Crippen molar-refractivity contribution in [3.8, 4) is 0 Å². The van der Waals surface area contributed by atoms with Crippen LogP contribution >= 0.6 is 0 Å². The van der Waals surface area contributed by atoms with Crippen molar-refractivity contribution in [3.05, 3.63) is 23.7 Å². The second-order valence-electron chi connectivity index (χ2n) is 5.43. The average molecular weight is 233 g/mol. The molecule has 0 saturated carbocycles. The second-order valence-corrected chi connectivity index (χ2v) is 5.43. The van der Waals surface area contributed by atoms with E-state index in [1.807, 2.05) is 0 Å². The summed E-state index contributed by atoms with van der Waals surface area (Å²) in [7, 11) is 1.50. The number of hydrogen-bond donors (Lipinski definition) is 0. The second kappa shape index (κ2) is 6.18. The monoisotopic (exact) mass is 233 g/mol. The average Bonchev–Trinajstić information content (AvgIpc) is 2.34. The molecule has 0 N–H and O–H groups in total. The standard InChI is InChI=1S/C14H22BO2/c1-11-3-7-13(8-4-11)16-15-17-14-9-5-12(2)6-10-14/h7,9,11-12H,3-6,8,10H2,1-2H3. The summed E-state index contributed by atoms with van der Waals surface area (Å²) >= 11 is 0. The summed E-state index contributed by atoms with van der Waals surface area (Å²) in [6, 6.07) is 0. The Labute approximate surface area is 105 Å². The van der Waals surface area contributed by atoms with Crippen molar-refractivity contribution in [1.82, 2.24) is 0 Å². The van der Waals surface area contributed by atoms with Gasteiger partial charge >= 0.3 is 7.69 Å². The van der Waals surface area contributed by atoms with Gasteiger partial charge in [-0.1, -0.05) is 13.8 Å². The fourth-order valence-corrected chi connectivity index (χ4v) is 2.24. The highest BCUT2D eigenvalue weighted by Gasteiger charge is 2.14. The third kappa shape index (κ3) is 4.14. The van der Waals surface area contributed by atoms with Gasteiger partial charge in [-0.05, 0) is 49.7 Å². The first kappa shape index (κ1) is 12.6. The minimum Gasteiger partial charge on any atom is -0.530 e. The summed E-state index contributed by atoms with van der Waals surface area (Å²) in [6.45, 7) is 4.56. The fraction of sp³-hybridized carbons (Fsp3) is 0.714. The van der Waals surface area contributed by atoms with Crippen LogP contribution < -0.4 is 0 Å². The Hall–Kier alpha value is -0.855. The summed E-state index contributed by atoms with van der Waals surface area (Å²) in [5, 5.41) is 0. The normalized spacial score (nSPS) is 29.1. The zero-order valence-corrected chi connectivity index (χ0v) is 10.9. The molecule has 0 bridgehead atoms. The van der Waals surface area contributed by atoms with Gasteiger partial charge in [-0.3, -0.25) is 0 Å². The number of rotatable bonds is 4. The van der Waals surface area contributed by atoms with Gasteiger partial charge in [0.2, 0.25) is 0 Å². The Kier molecular flexibility index (Phi) is 4.58. The molecule has 2 rings (SSSR count). The molecule has 0 amide bonds. The largest absolute Gasteiger partial charge is 0.657 e. The van der Waals surface area contributed by atoms with E-state index in [0.717, 1.165) is 49.0 Å². The maximum atomic E-state index is 5.53. The highest BCUT2D eigenvalue weighted by Crippen LogP contribution is 2.25. The SMILES string of the molecule is CC1CC=C(O[B]OC2=CCC(C)CC2)CC1. The quantitative estimate of drug-likeness (QED) is 0.684. The molecule has 3 heteroatoms. The maximum Gasteiger partial charge on any atom is 0.657 e. The fourth-order valence-electron chi connectivity index (χ4n) is 2.24. The van der Waals surface area contributed by atoms with Crippen molar-refractivity contribution >= 4 is 7.69 Å². The van der Waals surface area contributed by atoms with E-state index in [-0.39, 0.29) is 0 Å². The number of hydrogen-bond acceptors (Lipinski definition) is 2. The lowest BCUT2D eigenvalue weighted by molar-refractivity contribution is 0.280. The van der Waals surface area contributed by atoms with Gasteiger partial charge in [0.05, 0.1) is 11.5 Å². The first-order valence-electron chi connectivity index (χ1n) is 6.77. The Bertz CT molecular complexity index is 279. The molecule has 0 aromatic rings. The zero-order valence-electron chi connectivity index (χ0n) is 10.9. The molecule has 0 fully saturated rings. The molecule has 0 aromatic carbocycles. The molecule has 93 valence electrons. The number of allylic oxidation sites excluding steroid dienone is 4. The van der Waals surface area contributed by atoms with E-state index < -0.39 is 0 Å². The van der Waals surface area contributed by atoms with Gasteiger partial charge in [0.15, 0.2) is 0 Å². The molecule has 1 radical (unpaired) electrons. The molecule has 2 atom stereocenters. The summed E-state index contributed by atoms with van der Waals surface area (Å²) in [5.41, 5.74) is 0. The first-order chi connectivity index (χ1) is 8.24. The molecule has 0 aliphatic heterocycles. The van der Waals surface area contributed by atoms with Gasteiger partial charge in [0.25, 0.3) is 0 Å². The van der Waals surface area contributed by atoms with E-state index in [9.17, 15) is 0 Å². The van der Waals surface area contributed by atoms with Crippen LogP contribution in [-0.2, 0) is 9.31 Å². The topological polar surface area (TPSA) is 18.5 Å². The molecule has 0 heterocycles. The Morgan fingerprint density at radius 2 is 1.41 bits per heavy atom. The Morgan fingerprint density at radius 3 is 1.76 bits per heavy atom. The third-order valence-electron chi connectivity index (χ3n) is 3.66. The zero-order chi connectivity index (χ0) is 12.1. The van der Waals surface area contributed by atoms with Crippen LogP contribution in [-0.4, -0.2) is 7.69 Å². The smallest absolute Gasteiger partial charge is 0.530 e. The molecule has 2 aliphatic carbocycles. The molecular weight excluding hydrogens is 211 g/mol. The maximum absolute atomic E-state index is 5.53. The molecule has 2 unspecified atom stereocenters. The van der Waals surface area contributed by atoms with Gasteiger partial charge in [-0.15, -0.1) is 0 Å². The molecule has 2 nitrogen and oxygen atoms in total. The highest BCUT2D eigenvalue weighted by molar-refractivity contribution is 6.19. The summed E-state index contributed by atoms with van der Waals surface area (Å²) < 4.78 is 11.1. The van der Waals surface area contributed by atoms with Crippen LogP contribution in [0.3, 0.4) is 0 Å². The van der Waals surface area contributed by atoms with Crippen molar-refractivity contribution < 1.29 is 9.31 Å². The van der Waals surface area contributed by atoms with Gasteiger partial charge in [0, 0.05) is 12.8 Å². The highest BCUT2D eigenvalue weighted by atomic mass is 16.6. The van der Waals surface area contributed by atoms with Crippen LogP contribution in [0.5, 0.6) is 0 Å². The van der Waals surface area contributed by atoms with Crippen LogP contribution in [0.25, 0.3) is 0 Å². The van der Waals surface area contributed by atoms with Gasteiger partial charge in [-0.25, -0.2) is 0 Å². The molecule has 2 aliphatic rings. The van der Waals surface area contributed by atoms with E-state index >= 15 is 0 Å². The molecule has 17 heavy (non-hydrogen) atoms. The summed E-state index contributed by atoms with van der Waals surface area (Å²) in [4.78, 5) is 0. The minimum atomic E-state index is 0.797. The van der Waals surface area contributed by atoms with E-state index in [1.54, 1.807) is 0 Å². The predicted molar refractivity (Wildman–Crippen MR) is 70.1 cm³/mol. The van der Waals surface area contributed by atoms with Gasteiger partial charge in [-0.2, -0.15) is 0 Å². The van der Waals surface area contributed by atoms with E-state index in [0.29, 0.717) is 0 Å². The van der Waals surface area contributed by atoms with Crippen LogP contribution in [0.15, 0.2) is 23.7 Å². The van der Waals surface area contributed by atoms with Crippen molar-refractivity contribution in [2.24, 2.45) is 11.8 Å². The van der Waals surface area contributed by atoms with E-state index in [4.69, 9.17) is 9.31 Å². The van der Waals surface area contributed by atoms with Gasteiger partial charge in [0.1, 0.15) is 0 Å². The predicted octanol–water partition coefficient (Wildman–Crippen LogP) is 3.96. The van der Waals surface area contributed by atoms with Crippen LogP contribution in [0.2, 0.25) is 0 Å². The van der Waals surface area contributed by atoms with E-state index in [2.05, 4.69) is 26.0 Å². The van der Waals surface area contributed by atoms with Crippen LogP contribution in [0.1, 0.15) is 52.4 Å². The van der Waals surface area contributed by atoms with Gasteiger partial charge < -0.3 is 9.31 Å². The van der Waals surface area contributed by atoms with Crippen molar-refractivity contribution in [2.45, 2.75) is 52.4 Å². The lowest BCUT2D eigenvalue weighted by Gasteiger charge is -2.21. The van der Waals surface area contributed by atoms with Crippen LogP contribution in [0, 0.1) is 11.8 Å². The lowest BCUT2D eigenvalue weighted by Crippen LogP contribution is -2.11. The molecule has 0 spiro atoms. The molecule has 0 aromatic heterocycles. The van der Waals surface area contributed by atoms with Crippen LogP contribution in [0.4, 0.5) is 0 Å². The summed E-state index contributed by atoms with van der Waals surface area (Å²) in [6.07, 6.45) is 11.2. The molecule has 0 saturated heterocycles. The first-order valence-corrected chi connectivity index (χ1v) is 6.77. The molecular formula is C14H22BO2.